The summed E-state index contributed by atoms with van der Waals surface area (Å²) in [7, 11) is 0. The smallest absolute Gasteiger partial charge is 0.177 e. The van der Waals surface area contributed by atoms with Crippen LogP contribution in [0.25, 0.3) is 33.6 Å². The van der Waals surface area contributed by atoms with Crippen LogP contribution in [0.15, 0.2) is 66.7 Å². The predicted octanol–water partition coefficient (Wildman–Crippen LogP) is 4.10. The number of nitrogens with one attached hydrogen (secondary N) is 1. The van der Waals surface area contributed by atoms with Crippen LogP contribution in [0.1, 0.15) is 11.1 Å². The summed E-state index contributed by atoms with van der Waals surface area (Å²) in [6.07, 6.45) is 0.961. The Morgan fingerprint density at radius 1 is 0.667 bits per heavy atom. The molecule has 0 bridgehead atoms. The maximum Gasteiger partial charge on any atom is 0.205 e. The van der Waals surface area contributed by atoms with Gasteiger partial charge in [-0.2, -0.15) is 5.21 Å². The number of hydrogen-bond acceptors (Lipinski definition) is 3. The number of nitrogens with zero attached hydrogens (tertiary/aromatic N) is 3. The third-order valence-corrected chi connectivity index (χ3v) is 4.65. The fourth-order valence-corrected chi connectivity index (χ4v) is 3.60. The van der Waals surface area contributed by atoms with Gasteiger partial charge in [0.25, 0.3) is 0 Å². The Hall–Kier alpha value is -3.27. The maximum absolute atomic E-state index is 4.16. The Morgan fingerprint density at radius 2 is 1.33 bits per heavy atom. The summed E-state index contributed by atoms with van der Waals surface area (Å²) in [6, 6.07) is 23.4. The molecule has 3 aromatic carbocycles. The lowest BCUT2D eigenvalue weighted by Crippen LogP contribution is -1.92. The Balaban J connectivity index is 1.74. The molecule has 1 aliphatic rings. The summed E-state index contributed by atoms with van der Waals surface area (Å²) in [6.45, 7) is 0. The monoisotopic (exact) mass is 310 g/mol. The third-order valence-electron chi connectivity index (χ3n) is 4.65. The van der Waals surface area contributed by atoms with Crippen molar-refractivity contribution in [1.29, 1.82) is 0 Å². The predicted molar refractivity (Wildman–Crippen MR) is 93.3 cm³/mol. The molecule has 0 unspecified atom stereocenters. The first kappa shape index (κ1) is 13.2. The molecule has 0 saturated heterocycles. The largest absolute Gasteiger partial charge is 0.205 e. The van der Waals surface area contributed by atoms with Crippen molar-refractivity contribution in [2.24, 2.45) is 0 Å². The van der Waals surface area contributed by atoms with E-state index in [9.17, 15) is 0 Å². The van der Waals surface area contributed by atoms with E-state index in [0.717, 1.165) is 17.5 Å². The van der Waals surface area contributed by atoms with Gasteiger partial charge < -0.3 is 0 Å². The normalized spacial score (nSPS) is 12.0. The van der Waals surface area contributed by atoms with Gasteiger partial charge in [-0.25, -0.2) is 0 Å². The van der Waals surface area contributed by atoms with E-state index in [-0.39, 0.29) is 0 Å². The first-order chi connectivity index (χ1) is 11.9. The minimum absolute atomic E-state index is 0.624. The topological polar surface area (TPSA) is 54.5 Å². The molecule has 24 heavy (non-hydrogen) atoms. The molecule has 1 aliphatic carbocycles. The van der Waals surface area contributed by atoms with Gasteiger partial charge in [-0.1, -0.05) is 66.7 Å². The highest BCUT2D eigenvalue weighted by Crippen LogP contribution is 2.43. The highest BCUT2D eigenvalue weighted by Gasteiger charge is 2.22. The highest BCUT2D eigenvalue weighted by molar-refractivity contribution is 5.89. The van der Waals surface area contributed by atoms with Gasteiger partial charge in [-0.15, -0.1) is 10.2 Å². The van der Waals surface area contributed by atoms with E-state index >= 15 is 0 Å². The van der Waals surface area contributed by atoms with E-state index in [2.05, 4.69) is 75.2 Å². The van der Waals surface area contributed by atoms with Gasteiger partial charge in [0.15, 0.2) is 0 Å². The van der Waals surface area contributed by atoms with E-state index in [1.165, 1.54) is 27.8 Å². The van der Waals surface area contributed by atoms with Crippen LogP contribution >= 0.6 is 0 Å². The van der Waals surface area contributed by atoms with Crippen molar-refractivity contribution in [2.75, 3.05) is 0 Å². The molecule has 0 spiro atoms. The van der Waals surface area contributed by atoms with E-state index in [0.29, 0.717) is 5.82 Å². The number of tetrazole rings is 1. The molecule has 0 atom stereocenters. The number of benzene rings is 3. The number of fused-ring (bicyclic) bond motifs is 3. The number of H-pyrrole nitrogens is 1. The Morgan fingerprint density at radius 3 is 2.12 bits per heavy atom. The minimum Gasteiger partial charge on any atom is -0.177 e. The summed E-state index contributed by atoms with van der Waals surface area (Å²) in [5, 5.41) is 14.6. The zero-order valence-corrected chi connectivity index (χ0v) is 12.9. The molecule has 4 aromatic rings. The third kappa shape index (κ3) is 1.90. The van der Waals surface area contributed by atoms with E-state index in [1.54, 1.807) is 0 Å². The number of aromatic nitrogens is 4. The quantitative estimate of drug-likeness (QED) is 0.534. The van der Waals surface area contributed by atoms with Gasteiger partial charge in [0.2, 0.25) is 5.82 Å². The van der Waals surface area contributed by atoms with Crippen molar-refractivity contribution < 1.29 is 0 Å². The minimum atomic E-state index is 0.624. The van der Waals surface area contributed by atoms with Crippen molar-refractivity contribution in [1.82, 2.24) is 20.6 Å². The zero-order chi connectivity index (χ0) is 15.9. The van der Waals surface area contributed by atoms with Crippen LogP contribution in [0.2, 0.25) is 0 Å². The molecule has 0 radical (unpaired) electrons. The van der Waals surface area contributed by atoms with E-state index in [1.807, 2.05) is 12.1 Å². The molecule has 1 aromatic heterocycles. The molecular formula is C20H14N4. The van der Waals surface area contributed by atoms with E-state index in [4.69, 9.17) is 0 Å². The van der Waals surface area contributed by atoms with Crippen molar-refractivity contribution in [2.45, 2.75) is 6.42 Å². The Bertz CT molecular complexity index is 1040. The lowest BCUT2D eigenvalue weighted by Gasteiger charge is -2.12. The highest BCUT2D eigenvalue weighted by atomic mass is 15.5. The Labute approximate surface area is 139 Å². The molecular weight excluding hydrogens is 296 g/mol. The second-order valence-corrected chi connectivity index (χ2v) is 5.95. The van der Waals surface area contributed by atoms with Crippen LogP contribution in [0, 0.1) is 0 Å². The first-order valence-corrected chi connectivity index (χ1v) is 7.95. The van der Waals surface area contributed by atoms with Crippen molar-refractivity contribution in [3.05, 3.63) is 77.9 Å². The molecule has 4 heteroatoms. The van der Waals surface area contributed by atoms with E-state index < -0.39 is 0 Å². The summed E-state index contributed by atoms with van der Waals surface area (Å²) in [5.74, 6) is 0.624. The second kappa shape index (κ2) is 5.13. The average molecular weight is 310 g/mol. The van der Waals surface area contributed by atoms with Gasteiger partial charge >= 0.3 is 0 Å². The molecule has 5 rings (SSSR count). The van der Waals surface area contributed by atoms with Crippen molar-refractivity contribution in [3.8, 4) is 33.6 Å². The average Bonchev–Trinajstić information content (AvgIpc) is 3.29. The first-order valence-electron chi connectivity index (χ1n) is 7.95. The lowest BCUT2D eigenvalue weighted by molar-refractivity contribution is 0.881. The second-order valence-electron chi connectivity index (χ2n) is 5.95. The Kier molecular flexibility index (Phi) is 2.82. The van der Waals surface area contributed by atoms with Crippen LogP contribution < -0.4 is 0 Å². The standard InChI is InChI=1S/C20H14N4/c1-2-7-14-13(6-1)12-19-15(14)10-5-11-17(19)16-8-3-4-9-18(16)20-21-23-24-22-20/h1-11H,12H2,(H,21,22,23,24). The molecule has 1 N–H and O–H groups in total. The molecule has 4 nitrogen and oxygen atoms in total. The van der Waals surface area contributed by atoms with Crippen LogP contribution in [0.3, 0.4) is 0 Å². The van der Waals surface area contributed by atoms with Crippen LogP contribution in [-0.2, 0) is 6.42 Å². The maximum atomic E-state index is 4.16. The number of aromatic amines is 1. The van der Waals surface area contributed by atoms with Crippen molar-refractivity contribution in [3.63, 3.8) is 0 Å². The molecule has 0 fully saturated rings. The lowest BCUT2D eigenvalue weighted by atomic mass is 9.92. The molecule has 0 saturated carbocycles. The van der Waals surface area contributed by atoms with Crippen LogP contribution in [0.4, 0.5) is 0 Å². The van der Waals surface area contributed by atoms with Crippen LogP contribution in [0.5, 0.6) is 0 Å². The van der Waals surface area contributed by atoms with Crippen LogP contribution in [-0.4, -0.2) is 20.6 Å². The summed E-state index contributed by atoms with van der Waals surface area (Å²) in [5.41, 5.74) is 8.80. The van der Waals surface area contributed by atoms with Gasteiger partial charge in [0, 0.05) is 5.56 Å². The fourth-order valence-electron chi connectivity index (χ4n) is 3.60. The molecule has 114 valence electrons. The fraction of sp³-hybridized carbons (Fsp3) is 0.0500. The summed E-state index contributed by atoms with van der Waals surface area (Å²) >= 11 is 0. The molecule has 0 amide bonds. The summed E-state index contributed by atoms with van der Waals surface area (Å²) < 4.78 is 0. The molecule has 1 heterocycles. The van der Waals surface area contributed by atoms with Gasteiger partial charge in [0.05, 0.1) is 0 Å². The van der Waals surface area contributed by atoms with Gasteiger partial charge in [-0.05, 0) is 45.0 Å². The summed E-state index contributed by atoms with van der Waals surface area (Å²) in [4.78, 5) is 0. The number of hydrogen-bond donors (Lipinski definition) is 1. The number of rotatable bonds is 2. The SMILES string of the molecule is c1ccc2c(c1)Cc1c-2cccc1-c1ccccc1-c1nn[nH]n1. The van der Waals surface area contributed by atoms with Gasteiger partial charge in [0.1, 0.15) is 0 Å². The van der Waals surface area contributed by atoms with Crippen molar-refractivity contribution >= 4 is 0 Å². The molecule has 0 aliphatic heterocycles. The van der Waals surface area contributed by atoms with Gasteiger partial charge in [-0.3, -0.25) is 0 Å². The zero-order valence-electron chi connectivity index (χ0n) is 12.9.